The summed E-state index contributed by atoms with van der Waals surface area (Å²) in [6.45, 7) is 0.224. The van der Waals surface area contributed by atoms with Crippen LogP contribution in [-0.2, 0) is 11.3 Å². The summed E-state index contributed by atoms with van der Waals surface area (Å²) in [6.07, 6.45) is 0. The van der Waals surface area contributed by atoms with Crippen LogP contribution in [0.15, 0.2) is 112 Å². The molecule has 1 aliphatic rings. The molecule has 0 saturated carbocycles. The van der Waals surface area contributed by atoms with E-state index in [1.165, 1.54) is 16.2 Å². The van der Waals surface area contributed by atoms with E-state index in [9.17, 15) is 14.7 Å². The van der Waals surface area contributed by atoms with Crippen molar-refractivity contribution in [1.29, 1.82) is 0 Å². The molecule has 3 heterocycles. The highest BCUT2D eigenvalue weighted by Gasteiger charge is 2.44. The number of nitrogens with zero attached hydrogens (tertiary/aromatic N) is 1. The first-order valence-electron chi connectivity index (χ1n) is 11.8. The smallest absolute Gasteiger partial charge is 0.290 e. The fraction of sp³-hybridized carbons (Fsp3) is 0.0667. The van der Waals surface area contributed by atoms with Gasteiger partial charge in [0.05, 0.1) is 18.2 Å². The van der Waals surface area contributed by atoms with Gasteiger partial charge in [-0.25, -0.2) is 0 Å². The number of ketones is 1. The van der Waals surface area contributed by atoms with Crippen molar-refractivity contribution < 1.29 is 23.8 Å². The van der Waals surface area contributed by atoms with E-state index in [1.807, 2.05) is 53.9 Å². The number of amides is 1. The van der Waals surface area contributed by atoms with Gasteiger partial charge in [0.25, 0.3) is 5.91 Å². The number of hydrogen-bond donors (Lipinski definition) is 1. The van der Waals surface area contributed by atoms with Crippen LogP contribution in [0.2, 0.25) is 5.02 Å². The molecule has 38 heavy (non-hydrogen) atoms. The van der Waals surface area contributed by atoms with E-state index < -0.39 is 23.5 Å². The number of ether oxygens (including phenoxy) is 1. The third-order valence-corrected chi connectivity index (χ3v) is 7.41. The monoisotopic (exact) mass is 541 g/mol. The molecule has 188 valence electrons. The number of rotatable bonds is 7. The van der Waals surface area contributed by atoms with Crippen LogP contribution in [0.25, 0.3) is 11.0 Å². The average Bonchev–Trinajstić information content (AvgIpc) is 3.64. The molecule has 0 aliphatic carbocycles. The Labute approximate surface area is 227 Å². The fourth-order valence-corrected chi connectivity index (χ4v) is 5.48. The maximum Gasteiger partial charge on any atom is 0.290 e. The van der Waals surface area contributed by atoms with Crippen LogP contribution in [0.5, 0.6) is 11.5 Å². The van der Waals surface area contributed by atoms with E-state index >= 15 is 0 Å². The molecule has 5 aromatic rings. The summed E-state index contributed by atoms with van der Waals surface area (Å²) in [4.78, 5) is 29.6. The first-order chi connectivity index (χ1) is 18.5. The van der Waals surface area contributed by atoms with E-state index in [1.54, 1.807) is 42.5 Å². The van der Waals surface area contributed by atoms with Crippen molar-refractivity contribution in [2.75, 3.05) is 0 Å². The highest BCUT2D eigenvalue weighted by atomic mass is 35.5. The summed E-state index contributed by atoms with van der Waals surface area (Å²) >= 11 is 7.59. The van der Waals surface area contributed by atoms with Crippen LogP contribution in [-0.4, -0.2) is 21.7 Å². The predicted octanol–water partition coefficient (Wildman–Crippen LogP) is 7.72. The van der Waals surface area contributed by atoms with Gasteiger partial charge in [-0.05, 0) is 65.5 Å². The molecule has 0 saturated heterocycles. The number of benzene rings is 3. The number of thiophene rings is 1. The van der Waals surface area contributed by atoms with Crippen molar-refractivity contribution in [2.24, 2.45) is 0 Å². The maximum atomic E-state index is 13.8. The molecule has 1 unspecified atom stereocenters. The lowest BCUT2D eigenvalue weighted by Gasteiger charge is -2.26. The molecular weight excluding hydrogens is 522 g/mol. The van der Waals surface area contributed by atoms with Gasteiger partial charge in [0.1, 0.15) is 17.1 Å². The van der Waals surface area contributed by atoms with E-state index in [-0.39, 0.29) is 17.9 Å². The van der Waals surface area contributed by atoms with Gasteiger partial charge in [0.2, 0.25) is 5.78 Å². The van der Waals surface area contributed by atoms with Gasteiger partial charge < -0.3 is 19.2 Å². The van der Waals surface area contributed by atoms with Crippen LogP contribution >= 0.6 is 22.9 Å². The summed E-state index contributed by atoms with van der Waals surface area (Å²) in [5, 5.41) is 14.1. The number of hydrogen-bond acceptors (Lipinski definition) is 6. The summed E-state index contributed by atoms with van der Waals surface area (Å²) in [6, 6.07) is 26.0. The van der Waals surface area contributed by atoms with Gasteiger partial charge in [-0.1, -0.05) is 48.0 Å². The van der Waals surface area contributed by atoms with Gasteiger partial charge >= 0.3 is 0 Å². The van der Waals surface area contributed by atoms with Gasteiger partial charge in [-0.3, -0.25) is 9.59 Å². The Morgan fingerprint density at radius 2 is 1.79 bits per heavy atom. The molecule has 0 bridgehead atoms. The van der Waals surface area contributed by atoms with E-state index in [0.717, 1.165) is 4.88 Å². The zero-order valence-corrected chi connectivity index (χ0v) is 21.4. The predicted molar refractivity (Wildman–Crippen MR) is 146 cm³/mol. The average molecular weight is 542 g/mol. The third-order valence-electron chi connectivity index (χ3n) is 6.31. The quantitative estimate of drug-likeness (QED) is 0.213. The first-order valence-corrected chi connectivity index (χ1v) is 13.1. The van der Waals surface area contributed by atoms with Gasteiger partial charge in [-0.2, -0.15) is 0 Å². The highest BCUT2D eigenvalue weighted by molar-refractivity contribution is 7.09. The number of para-hydroxylation sites is 1. The Morgan fingerprint density at radius 1 is 0.974 bits per heavy atom. The van der Waals surface area contributed by atoms with Crippen molar-refractivity contribution in [1.82, 2.24) is 4.90 Å². The lowest BCUT2D eigenvalue weighted by Crippen LogP contribution is -2.30. The molecule has 1 aliphatic heterocycles. The Morgan fingerprint density at radius 3 is 2.58 bits per heavy atom. The normalized spacial score (nSPS) is 15.4. The first kappa shape index (κ1) is 24.0. The van der Waals surface area contributed by atoms with Gasteiger partial charge in [0, 0.05) is 15.3 Å². The Bertz CT molecular complexity index is 1690. The number of aliphatic hydroxyl groups excluding tert-OH is 1. The molecule has 1 amide bonds. The molecule has 6 rings (SSSR count). The number of halogens is 1. The molecule has 1 N–H and O–H groups in total. The number of Topliss-reactive ketones (excluding diaryl/α,β-unsaturated/α-hetero) is 1. The minimum atomic E-state index is -0.853. The lowest BCUT2D eigenvalue weighted by atomic mass is 9.94. The third kappa shape index (κ3) is 4.47. The standard InChI is InChI=1S/C30H20ClNO5S/c31-20-11-12-24-19(14-20)16-25(37-24)28(33)26-27(32(30(35)29(26)34)17-23-10-5-13-38-23)18-6-4-9-22(15-18)36-21-7-2-1-3-8-21/h1-16,27,34H,17H2. The number of carbonyl (C=O) groups excluding carboxylic acids is 2. The molecule has 8 heteroatoms. The van der Waals surface area contributed by atoms with E-state index in [4.69, 9.17) is 20.8 Å². The molecule has 6 nitrogen and oxygen atoms in total. The van der Waals surface area contributed by atoms with Crippen molar-refractivity contribution in [2.45, 2.75) is 12.6 Å². The minimum Gasteiger partial charge on any atom is -0.503 e. The number of carbonyl (C=O) groups is 2. The Balaban J connectivity index is 1.42. The van der Waals surface area contributed by atoms with Crippen molar-refractivity contribution in [3.8, 4) is 11.5 Å². The number of fused-ring (bicyclic) bond motifs is 1. The second-order valence-electron chi connectivity index (χ2n) is 8.79. The van der Waals surface area contributed by atoms with Crippen LogP contribution in [0.4, 0.5) is 0 Å². The zero-order chi connectivity index (χ0) is 26.2. The SMILES string of the molecule is O=C(C1=C(O)C(=O)N(Cc2cccs2)C1c1cccc(Oc2ccccc2)c1)c1cc2cc(Cl)ccc2o1. The zero-order valence-electron chi connectivity index (χ0n) is 19.8. The van der Waals surface area contributed by atoms with E-state index in [2.05, 4.69) is 0 Å². The lowest BCUT2D eigenvalue weighted by molar-refractivity contribution is -0.130. The van der Waals surface area contributed by atoms with Crippen LogP contribution in [0.1, 0.15) is 27.0 Å². The van der Waals surface area contributed by atoms with Crippen LogP contribution in [0, 0.1) is 0 Å². The summed E-state index contributed by atoms with van der Waals surface area (Å²) in [5.74, 6) is -0.593. The Kier molecular flexibility index (Phi) is 6.23. The summed E-state index contributed by atoms with van der Waals surface area (Å²) in [7, 11) is 0. The van der Waals surface area contributed by atoms with Crippen molar-refractivity contribution in [3.05, 3.63) is 129 Å². The van der Waals surface area contributed by atoms with E-state index in [0.29, 0.717) is 33.1 Å². The molecule has 3 aromatic carbocycles. The summed E-state index contributed by atoms with van der Waals surface area (Å²) < 4.78 is 11.8. The molecule has 0 fully saturated rings. The van der Waals surface area contributed by atoms with Crippen LogP contribution < -0.4 is 4.74 Å². The molecule has 1 atom stereocenters. The molecule has 0 spiro atoms. The Hall–Kier alpha value is -4.33. The molecular formula is C30H20ClNO5S. The van der Waals surface area contributed by atoms with Crippen molar-refractivity contribution in [3.63, 3.8) is 0 Å². The molecule has 0 radical (unpaired) electrons. The maximum absolute atomic E-state index is 13.8. The molecule has 2 aromatic heterocycles. The largest absolute Gasteiger partial charge is 0.503 e. The summed E-state index contributed by atoms with van der Waals surface area (Å²) in [5.41, 5.74) is 1.05. The topological polar surface area (TPSA) is 80.0 Å². The number of furan rings is 1. The highest BCUT2D eigenvalue weighted by Crippen LogP contribution is 2.42. The van der Waals surface area contributed by atoms with Gasteiger partial charge in [-0.15, -0.1) is 11.3 Å². The minimum absolute atomic E-state index is 0.0104. The second kappa shape index (κ2) is 9.85. The number of aliphatic hydroxyl groups is 1. The second-order valence-corrected chi connectivity index (χ2v) is 10.3. The van der Waals surface area contributed by atoms with Crippen molar-refractivity contribution >= 4 is 45.6 Å². The van der Waals surface area contributed by atoms with Crippen LogP contribution in [0.3, 0.4) is 0 Å². The van der Waals surface area contributed by atoms with Gasteiger partial charge in [0.15, 0.2) is 11.5 Å². The fourth-order valence-electron chi connectivity index (χ4n) is 4.60.